The lowest BCUT2D eigenvalue weighted by atomic mass is 9.81. The summed E-state index contributed by atoms with van der Waals surface area (Å²) in [7, 11) is 2.67. The zero-order valence-electron chi connectivity index (χ0n) is 25.1. The van der Waals surface area contributed by atoms with Crippen LogP contribution >= 0.6 is 11.6 Å². The van der Waals surface area contributed by atoms with Crippen molar-refractivity contribution in [2.75, 3.05) is 27.3 Å². The molecule has 47 heavy (non-hydrogen) atoms. The van der Waals surface area contributed by atoms with Crippen LogP contribution in [-0.2, 0) is 15.8 Å². The molecule has 1 aliphatic carbocycles. The number of methoxy groups -OCH3 is 1. The summed E-state index contributed by atoms with van der Waals surface area (Å²) in [5.74, 6) is -4.43. The van der Waals surface area contributed by atoms with E-state index in [9.17, 15) is 36.6 Å². The van der Waals surface area contributed by atoms with Crippen LogP contribution in [0.1, 0.15) is 47.4 Å². The third kappa shape index (κ3) is 5.30. The summed E-state index contributed by atoms with van der Waals surface area (Å²) >= 11 is 6.06. The van der Waals surface area contributed by atoms with Crippen LogP contribution in [0, 0.1) is 11.6 Å². The maximum atomic E-state index is 14.8. The summed E-state index contributed by atoms with van der Waals surface area (Å²) in [5, 5.41) is 20.1. The Morgan fingerprint density at radius 2 is 1.94 bits per heavy atom. The van der Waals surface area contributed by atoms with Crippen LogP contribution in [0.5, 0.6) is 11.5 Å². The van der Waals surface area contributed by atoms with Gasteiger partial charge in [-0.2, -0.15) is 18.3 Å². The molecule has 1 fully saturated rings. The fraction of sp³-hybridized carbons (Fsp3) is 0.355. The summed E-state index contributed by atoms with van der Waals surface area (Å²) in [6.45, 7) is -0.392. The first-order valence-corrected chi connectivity index (χ1v) is 14.7. The molecule has 1 saturated carbocycles. The number of halogens is 6. The van der Waals surface area contributed by atoms with Gasteiger partial charge in [0.1, 0.15) is 34.7 Å². The zero-order valence-corrected chi connectivity index (χ0v) is 25.8. The highest BCUT2D eigenvalue weighted by Crippen LogP contribution is 2.49. The van der Waals surface area contributed by atoms with Gasteiger partial charge in [0.25, 0.3) is 5.91 Å². The average Bonchev–Trinajstić information content (AvgIpc) is 3.71. The molecule has 2 atom stereocenters. The number of hydrogen-bond donors (Lipinski definition) is 3. The summed E-state index contributed by atoms with van der Waals surface area (Å²) < 4.78 is 85.8. The summed E-state index contributed by atoms with van der Waals surface area (Å²) in [6, 6.07) is 5.49. The Hall–Kier alpha value is -4.50. The molecule has 2 aromatic carbocycles. The summed E-state index contributed by atoms with van der Waals surface area (Å²) in [4.78, 5) is 30.2. The largest absolute Gasteiger partial charge is 0.494 e. The molecule has 2 amide bonds. The van der Waals surface area contributed by atoms with E-state index in [0.717, 1.165) is 25.0 Å². The van der Waals surface area contributed by atoms with E-state index >= 15 is 0 Å². The molecule has 3 N–H and O–H groups in total. The molecular formula is C31H27ClF5N5O5. The number of nitrogens with one attached hydrogen (secondary N) is 2. The van der Waals surface area contributed by atoms with E-state index in [0.29, 0.717) is 17.0 Å². The smallest absolute Gasteiger partial charge is 0.424 e. The maximum Gasteiger partial charge on any atom is 0.424 e. The van der Waals surface area contributed by atoms with E-state index < -0.39 is 63.6 Å². The van der Waals surface area contributed by atoms with Crippen LogP contribution in [0.2, 0.25) is 5.02 Å². The highest BCUT2D eigenvalue weighted by Gasteiger charge is 2.58. The molecule has 0 radical (unpaired) electrons. The number of aromatic nitrogens is 3. The number of ether oxygens (including phenoxy) is 2. The van der Waals surface area contributed by atoms with Crippen LogP contribution in [0.25, 0.3) is 22.2 Å². The third-order valence-corrected chi connectivity index (χ3v) is 8.85. The number of amides is 2. The maximum absolute atomic E-state index is 14.8. The second kappa shape index (κ2) is 11.3. The van der Waals surface area contributed by atoms with Gasteiger partial charge in [0, 0.05) is 35.3 Å². The topological polar surface area (TPSA) is 128 Å². The minimum Gasteiger partial charge on any atom is -0.494 e. The van der Waals surface area contributed by atoms with Crippen molar-refractivity contribution in [3.8, 4) is 22.8 Å². The van der Waals surface area contributed by atoms with Crippen LogP contribution in [-0.4, -0.2) is 65.2 Å². The Morgan fingerprint density at radius 3 is 2.57 bits per heavy atom. The second-order valence-corrected chi connectivity index (χ2v) is 12.0. The molecule has 0 saturated heterocycles. The minimum absolute atomic E-state index is 0.0639. The van der Waals surface area contributed by atoms with Crippen LogP contribution in [0.15, 0.2) is 36.5 Å². The second-order valence-electron chi connectivity index (χ2n) is 11.7. The van der Waals surface area contributed by atoms with Crippen LogP contribution in [0.4, 0.5) is 22.0 Å². The molecule has 0 bridgehead atoms. The lowest BCUT2D eigenvalue weighted by Gasteiger charge is -2.31. The lowest BCUT2D eigenvalue weighted by Crippen LogP contribution is -2.52. The quantitative estimate of drug-likeness (QED) is 0.178. The molecule has 248 valence electrons. The summed E-state index contributed by atoms with van der Waals surface area (Å²) in [5.41, 5.74) is -7.06. The van der Waals surface area contributed by atoms with Crippen molar-refractivity contribution in [1.29, 1.82) is 0 Å². The van der Waals surface area contributed by atoms with Gasteiger partial charge in [-0.15, -0.1) is 0 Å². The number of hydrogen-bond acceptors (Lipinski definition) is 7. The van der Waals surface area contributed by atoms with E-state index in [4.69, 9.17) is 21.1 Å². The molecule has 6 rings (SSSR count). The fourth-order valence-corrected chi connectivity index (χ4v) is 5.77. The number of nitrogens with zero attached hydrogens (tertiary/aromatic N) is 3. The SMILES string of the molecule is CNC(=O)[C@@]1(C)COc2c1cc(C(O)(CNC(=O)c1cc(OC)c3nn(C4CC4)cc3c1)C(F)(F)F)nc2-c1ccc(F)c(F)c1Cl. The Morgan fingerprint density at radius 1 is 1.21 bits per heavy atom. The predicted octanol–water partition coefficient (Wildman–Crippen LogP) is 4.95. The number of likely N-dealkylation sites (N-methyl/N-ethyl adjacent to an activating group) is 1. The van der Waals surface area contributed by atoms with Gasteiger partial charge in [-0.3, -0.25) is 14.3 Å². The van der Waals surface area contributed by atoms with Gasteiger partial charge in [0.15, 0.2) is 11.6 Å². The van der Waals surface area contributed by atoms with Crippen molar-refractivity contribution in [2.24, 2.45) is 0 Å². The fourth-order valence-electron chi connectivity index (χ4n) is 5.53. The van der Waals surface area contributed by atoms with Gasteiger partial charge in [-0.05, 0) is 50.1 Å². The van der Waals surface area contributed by atoms with E-state index in [1.807, 2.05) is 0 Å². The number of pyridine rings is 1. The molecule has 1 aliphatic heterocycles. The van der Waals surface area contributed by atoms with Crippen molar-refractivity contribution in [3.05, 3.63) is 70.0 Å². The first kappa shape index (κ1) is 32.4. The van der Waals surface area contributed by atoms with E-state index in [1.54, 1.807) is 10.9 Å². The monoisotopic (exact) mass is 679 g/mol. The third-order valence-electron chi connectivity index (χ3n) is 8.48. The van der Waals surface area contributed by atoms with Gasteiger partial charge in [0.2, 0.25) is 11.5 Å². The number of fused-ring (bicyclic) bond motifs is 2. The highest BCUT2D eigenvalue weighted by atomic mass is 35.5. The van der Waals surface area contributed by atoms with Gasteiger partial charge in [-0.25, -0.2) is 13.8 Å². The van der Waals surface area contributed by atoms with Crippen molar-refractivity contribution in [3.63, 3.8) is 0 Å². The van der Waals surface area contributed by atoms with Crippen LogP contribution in [0.3, 0.4) is 0 Å². The van der Waals surface area contributed by atoms with Crippen molar-refractivity contribution in [2.45, 2.75) is 43.0 Å². The Kier molecular flexibility index (Phi) is 7.82. The van der Waals surface area contributed by atoms with E-state index in [1.165, 1.54) is 33.2 Å². The first-order chi connectivity index (χ1) is 22.1. The molecule has 2 aliphatic rings. The number of aliphatic hydroxyl groups is 1. The first-order valence-electron chi connectivity index (χ1n) is 14.3. The number of alkyl halides is 3. The van der Waals surface area contributed by atoms with Gasteiger partial charge in [-0.1, -0.05) is 11.6 Å². The normalized spacial score (nSPS) is 18.8. The highest BCUT2D eigenvalue weighted by molar-refractivity contribution is 6.33. The molecule has 4 aromatic rings. The molecule has 0 spiro atoms. The zero-order chi connectivity index (χ0) is 34.1. The molecule has 3 heterocycles. The Balaban J connectivity index is 1.43. The van der Waals surface area contributed by atoms with Gasteiger partial charge < -0.3 is 25.2 Å². The Labute approximate surface area is 268 Å². The van der Waals surface area contributed by atoms with Gasteiger partial charge in [0.05, 0.1) is 30.4 Å². The van der Waals surface area contributed by atoms with Crippen molar-refractivity contribution in [1.82, 2.24) is 25.4 Å². The number of rotatable bonds is 8. The van der Waals surface area contributed by atoms with Crippen LogP contribution < -0.4 is 20.1 Å². The number of carbonyl (C=O) groups is 2. The molecule has 16 heteroatoms. The molecule has 10 nitrogen and oxygen atoms in total. The molecular weight excluding hydrogens is 653 g/mol. The lowest BCUT2D eigenvalue weighted by molar-refractivity contribution is -0.265. The molecule has 2 aromatic heterocycles. The van der Waals surface area contributed by atoms with E-state index in [-0.39, 0.29) is 40.8 Å². The standard InChI is InChI=1S/C31H27ClF5N5O5/c1-29(28(44)38-2)13-47-26-18(29)10-21(40-25(26)17-6-7-19(33)23(34)22(17)32)30(45,31(35,36)37)12-39-27(43)14-8-15-11-42(16-4-5-16)41-24(15)20(9-14)46-3/h6-11,16,45H,4-5,12-13H2,1-3H3,(H,38,44)(H,39,43)/t29-,30?/m0/s1. The minimum atomic E-state index is -5.45. The molecule has 1 unspecified atom stereocenters. The predicted molar refractivity (Wildman–Crippen MR) is 158 cm³/mol. The number of benzene rings is 2. The summed E-state index contributed by atoms with van der Waals surface area (Å²) in [6.07, 6.45) is -1.86. The van der Waals surface area contributed by atoms with Gasteiger partial charge >= 0.3 is 6.18 Å². The number of carbonyl (C=O) groups excluding carboxylic acids is 2. The Bertz CT molecular complexity index is 1950. The van der Waals surface area contributed by atoms with E-state index in [2.05, 4.69) is 20.7 Å². The van der Waals surface area contributed by atoms with Crippen molar-refractivity contribution < 1.29 is 46.1 Å². The van der Waals surface area contributed by atoms with Crippen molar-refractivity contribution >= 4 is 34.3 Å². The average molecular weight is 680 g/mol.